The predicted octanol–water partition coefficient (Wildman–Crippen LogP) is 3.28. The maximum Gasteiger partial charge on any atom is 0.340 e. The number of ether oxygens (including phenoxy) is 1. The maximum absolute atomic E-state index is 12.7. The van der Waals surface area contributed by atoms with Crippen molar-refractivity contribution >= 4 is 35.1 Å². The summed E-state index contributed by atoms with van der Waals surface area (Å²) in [7, 11) is 1.26. The van der Waals surface area contributed by atoms with E-state index in [0.717, 1.165) is 6.42 Å². The van der Waals surface area contributed by atoms with E-state index in [1.807, 2.05) is 0 Å². The Morgan fingerprint density at radius 2 is 1.96 bits per heavy atom. The molecule has 1 unspecified atom stereocenters. The molecular weight excluding hydrogens is 372 g/mol. The van der Waals surface area contributed by atoms with E-state index >= 15 is 0 Å². The SMILES string of the molecule is COC(=O)c1cc(Cl)ccc1NC(=O)C1CCCN(OC(=O)C(C)(C)C)C1. The number of hydroxylamine groups is 2. The van der Waals surface area contributed by atoms with Crippen LogP contribution in [-0.2, 0) is 19.2 Å². The number of amides is 1. The Morgan fingerprint density at radius 1 is 1.26 bits per heavy atom. The Bertz CT molecular complexity index is 729. The Labute approximate surface area is 163 Å². The zero-order chi connectivity index (χ0) is 20.2. The minimum Gasteiger partial charge on any atom is -0.465 e. The molecule has 8 heteroatoms. The van der Waals surface area contributed by atoms with Crippen LogP contribution in [0.2, 0.25) is 5.02 Å². The number of carbonyl (C=O) groups excluding carboxylic acids is 3. The molecule has 1 aromatic carbocycles. The van der Waals surface area contributed by atoms with Crippen LogP contribution in [0.1, 0.15) is 44.0 Å². The van der Waals surface area contributed by atoms with E-state index in [9.17, 15) is 14.4 Å². The second-order valence-electron chi connectivity index (χ2n) is 7.53. The number of hydrogen-bond acceptors (Lipinski definition) is 6. The normalized spacial score (nSPS) is 17.9. The Kier molecular flexibility index (Phi) is 6.84. The van der Waals surface area contributed by atoms with Gasteiger partial charge in [0.2, 0.25) is 5.91 Å². The van der Waals surface area contributed by atoms with Crippen molar-refractivity contribution in [3.8, 4) is 0 Å². The molecule has 1 aliphatic rings. The van der Waals surface area contributed by atoms with E-state index in [-0.39, 0.29) is 23.4 Å². The van der Waals surface area contributed by atoms with Crippen molar-refractivity contribution in [2.75, 3.05) is 25.5 Å². The monoisotopic (exact) mass is 396 g/mol. The van der Waals surface area contributed by atoms with Gasteiger partial charge in [0, 0.05) is 18.1 Å². The molecule has 1 aliphatic heterocycles. The van der Waals surface area contributed by atoms with Crippen molar-refractivity contribution in [2.45, 2.75) is 33.6 Å². The molecule has 0 radical (unpaired) electrons. The molecule has 0 aromatic heterocycles. The van der Waals surface area contributed by atoms with Gasteiger partial charge in [0.25, 0.3) is 0 Å². The predicted molar refractivity (Wildman–Crippen MR) is 101 cm³/mol. The van der Waals surface area contributed by atoms with Gasteiger partial charge in [-0.25, -0.2) is 9.59 Å². The highest BCUT2D eigenvalue weighted by Crippen LogP contribution is 2.25. The third kappa shape index (κ3) is 5.68. The lowest BCUT2D eigenvalue weighted by molar-refractivity contribution is -0.207. The molecule has 1 amide bonds. The Hall–Kier alpha value is -2.12. The number of hydrogen-bond donors (Lipinski definition) is 1. The van der Waals surface area contributed by atoms with Crippen LogP contribution in [-0.4, -0.2) is 43.1 Å². The molecule has 0 bridgehead atoms. The van der Waals surface area contributed by atoms with E-state index in [1.54, 1.807) is 32.9 Å². The fourth-order valence-electron chi connectivity index (χ4n) is 2.63. The number of nitrogens with one attached hydrogen (secondary N) is 1. The fourth-order valence-corrected chi connectivity index (χ4v) is 2.80. The molecule has 1 heterocycles. The smallest absolute Gasteiger partial charge is 0.340 e. The van der Waals surface area contributed by atoms with Gasteiger partial charge in [-0.2, -0.15) is 0 Å². The number of anilines is 1. The summed E-state index contributed by atoms with van der Waals surface area (Å²) in [4.78, 5) is 42.1. The van der Waals surface area contributed by atoms with E-state index < -0.39 is 11.4 Å². The molecule has 1 aromatic rings. The average molecular weight is 397 g/mol. The number of esters is 1. The van der Waals surface area contributed by atoms with Crippen LogP contribution in [0.3, 0.4) is 0 Å². The van der Waals surface area contributed by atoms with Crippen LogP contribution < -0.4 is 5.32 Å². The summed E-state index contributed by atoms with van der Waals surface area (Å²) in [5.41, 5.74) is -0.0984. The number of piperidine rings is 1. The third-order valence-electron chi connectivity index (χ3n) is 4.22. The zero-order valence-electron chi connectivity index (χ0n) is 16.0. The molecule has 1 saturated heterocycles. The topological polar surface area (TPSA) is 84.9 Å². The minimum absolute atomic E-state index is 0.185. The number of halogens is 1. The standard InChI is InChI=1S/C19H25ClN2O5/c1-19(2,3)18(25)27-22-9-5-6-12(11-22)16(23)21-15-8-7-13(20)10-14(15)17(24)26-4/h7-8,10,12H,5-6,9,11H2,1-4H3,(H,21,23). The van der Waals surface area contributed by atoms with E-state index in [2.05, 4.69) is 5.32 Å². The summed E-state index contributed by atoms with van der Waals surface area (Å²) >= 11 is 5.93. The van der Waals surface area contributed by atoms with Crippen LogP contribution in [0.25, 0.3) is 0 Å². The van der Waals surface area contributed by atoms with Gasteiger partial charge in [0.15, 0.2) is 0 Å². The second kappa shape index (κ2) is 8.71. The lowest BCUT2D eigenvalue weighted by atomic mass is 9.97. The summed E-state index contributed by atoms with van der Waals surface area (Å²) in [6.45, 7) is 6.21. The maximum atomic E-state index is 12.7. The van der Waals surface area contributed by atoms with Gasteiger partial charge in [0.05, 0.1) is 29.7 Å². The molecule has 2 rings (SSSR count). The van der Waals surface area contributed by atoms with Gasteiger partial charge in [0.1, 0.15) is 0 Å². The first-order valence-corrected chi connectivity index (χ1v) is 9.15. The molecule has 0 spiro atoms. The first-order chi connectivity index (χ1) is 12.6. The summed E-state index contributed by atoms with van der Waals surface area (Å²) < 4.78 is 4.74. The van der Waals surface area contributed by atoms with Crippen molar-refractivity contribution in [1.29, 1.82) is 0 Å². The molecule has 1 fully saturated rings. The van der Waals surface area contributed by atoms with Crippen molar-refractivity contribution in [2.24, 2.45) is 11.3 Å². The van der Waals surface area contributed by atoms with Crippen LogP contribution in [0.15, 0.2) is 18.2 Å². The molecular formula is C19H25ClN2O5. The molecule has 27 heavy (non-hydrogen) atoms. The van der Waals surface area contributed by atoms with Crippen LogP contribution in [0, 0.1) is 11.3 Å². The second-order valence-corrected chi connectivity index (χ2v) is 7.96. The van der Waals surface area contributed by atoms with E-state index in [0.29, 0.717) is 30.2 Å². The Morgan fingerprint density at radius 3 is 2.59 bits per heavy atom. The average Bonchev–Trinajstić information content (AvgIpc) is 2.61. The van der Waals surface area contributed by atoms with Gasteiger partial charge < -0.3 is 14.9 Å². The third-order valence-corrected chi connectivity index (χ3v) is 4.46. The van der Waals surface area contributed by atoms with E-state index in [1.165, 1.54) is 18.2 Å². The highest BCUT2D eigenvalue weighted by atomic mass is 35.5. The number of methoxy groups -OCH3 is 1. The molecule has 7 nitrogen and oxygen atoms in total. The van der Waals surface area contributed by atoms with Gasteiger partial charge in [-0.1, -0.05) is 11.6 Å². The highest BCUT2D eigenvalue weighted by Gasteiger charge is 2.31. The lowest BCUT2D eigenvalue weighted by Crippen LogP contribution is -2.43. The number of carbonyl (C=O) groups is 3. The zero-order valence-corrected chi connectivity index (χ0v) is 16.8. The highest BCUT2D eigenvalue weighted by molar-refractivity contribution is 6.31. The van der Waals surface area contributed by atoms with Gasteiger partial charge >= 0.3 is 11.9 Å². The summed E-state index contributed by atoms with van der Waals surface area (Å²) in [5, 5.41) is 4.66. The number of benzene rings is 1. The first kappa shape index (κ1) is 21.2. The van der Waals surface area contributed by atoms with Crippen molar-refractivity contribution in [1.82, 2.24) is 5.06 Å². The van der Waals surface area contributed by atoms with Crippen LogP contribution in [0.5, 0.6) is 0 Å². The lowest BCUT2D eigenvalue weighted by Gasteiger charge is -2.32. The minimum atomic E-state index is -0.617. The molecule has 1 atom stereocenters. The quantitative estimate of drug-likeness (QED) is 0.786. The summed E-state index contributed by atoms with van der Waals surface area (Å²) in [6, 6.07) is 4.59. The number of nitrogens with zero attached hydrogens (tertiary/aromatic N) is 1. The fraction of sp³-hybridized carbons (Fsp3) is 0.526. The number of rotatable bonds is 4. The van der Waals surface area contributed by atoms with Gasteiger partial charge in [-0.15, -0.1) is 5.06 Å². The van der Waals surface area contributed by atoms with Crippen LogP contribution in [0.4, 0.5) is 5.69 Å². The largest absolute Gasteiger partial charge is 0.465 e. The summed E-state index contributed by atoms with van der Waals surface area (Å²) in [5.74, 6) is -1.54. The molecule has 1 N–H and O–H groups in total. The molecule has 148 valence electrons. The van der Waals surface area contributed by atoms with Crippen LogP contribution >= 0.6 is 11.6 Å². The van der Waals surface area contributed by atoms with Crippen molar-refractivity contribution in [3.63, 3.8) is 0 Å². The molecule has 0 aliphatic carbocycles. The van der Waals surface area contributed by atoms with E-state index in [4.69, 9.17) is 21.2 Å². The van der Waals surface area contributed by atoms with Crippen molar-refractivity contribution < 1.29 is 24.0 Å². The van der Waals surface area contributed by atoms with Gasteiger partial charge in [-0.05, 0) is 51.8 Å². The van der Waals surface area contributed by atoms with Gasteiger partial charge in [-0.3, -0.25) is 4.79 Å². The van der Waals surface area contributed by atoms with Crippen molar-refractivity contribution in [3.05, 3.63) is 28.8 Å². The first-order valence-electron chi connectivity index (χ1n) is 8.78. The Balaban J connectivity index is 2.06. The summed E-state index contributed by atoms with van der Waals surface area (Å²) in [6.07, 6.45) is 1.39. The molecule has 0 saturated carbocycles.